The van der Waals surface area contributed by atoms with Crippen LogP contribution in [0.1, 0.15) is 0 Å². The number of benzene rings is 1. The lowest BCUT2D eigenvalue weighted by atomic mass is 10.2. The molecule has 16 heavy (non-hydrogen) atoms. The number of rotatable bonds is 1. The number of halogens is 1. The predicted octanol–water partition coefficient (Wildman–Crippen LogP) is 0.760. The molecule has 1 aromatic carbocycles. The van der Waals surface area contributed by atoms with E-state index in [1.807, 2.05) is 0 Å². The second-order valence-electron chi connectivity index (χ2n) is 3.27. The van der Waals surface area contributed by atoms with Crippen molar-refractivity contribution >= 4 is 34.8 Å². The van der Waals surface area contributed by atoms with E-state index in [2.05, 4.69) is 0 Å². The molecule has 2 rings (SSSR count). The van der Waals surface area contributed by atoms with Gasteiger partial charge in [-0.25, -0.2) is 4.90 Å². The molecule has 0 fully saturated rings. The fourth-order valence-corrected chi connectivity index (χ4v) is 1.62. The zero-order valence-corrected chi connectivity index (χ0v) is 9.03. The molecule has 0 aromatic heterocycles. The van der Waals surface area contributed by atoms with Gasteiger partial charge in [-0.3, -0.25) is 9.59 Å². The lowest BCUT2D eigenvalue weighted by Crippen LogP contribution is -2.43. The number of anilines is 2. The highest BCUT2D eigenvalue weighted by Gasteiger charge is 2.30. The van der Waals surface area contributed by atoms with Crippen LogP contribution in [-0.4, -0.2) is 24.3 Å². The Hall–Kier alpha value is -1.75. The number of nitrogen functional groups attached to an aromatic ring is 1. The number of carbonyl (C=O) groups excluding carboxylic acids is 2. The van der Waals surface area contributed by atoms with Crippen molar-refractivity contribution < 1.29 is 14.3 Å². The first-order valence-electron chi connectivity index (χ1n) is 4.57. The molecule has 1 heterocycles. The molecule has 0 unspecified atom stereocenters. The Labute approximate surface area is 96.7 Å². The number of nitrogens with zero attached hydrogens (tertiary/aromatic N) is 1. The first-order valence-corrected chi connectivity index (χ1v) is 5.11. The SMILES string of the molecule is Nc1ccc2c(c1)N(C(=O)CCl)C(=O)CO2. The zero-order chi connectivity index (χ0) is 11.7. The summed E-state index contributed by atoms with van der Waals surface area (Å²) in [5.74, 6) is -0.738. The van der Waals surface area contributed by atoms with Crippen molar-refractivity contribution in [1.82, 2.24) is 0 Å². The highest BCUT2D eigenvalue weighted by Crippen LogP contribution is 2.33. The lowest BCUT2D eigenvalue weighted by molar-refractivity contribution is -0.127. The van der Waals surface area contributed by atoms with Crippen molar-refractivity contribution in [3.63, 3.8) is 0 Å². The summed E-state index contributed by atoms with van der Waals surface area (Å²) in [5.41, 5.74) is 6.39. The van der Waals surface area contributed by atoms with Crippen LogP contribution in [0.25, 0.3) is 0 Å². The maximum Gasteiger partial charge on any atom is 0.271 e. The fraction of sp³-hybridized carbons (Fsp3) is 0.200. The molecule has 0 aliphatic carbocycles. The van der Waals surface area contributed by atoms with E-state index in [1.54, 1.807) is 12.1 Å². The summed E-state index contributed by atoms with van der Waals surface area (Å²) in [6.07, 6.45) is 0. The Morgan fingerprint density at radius 1 is 1.56 bits per heavy atom. The van der Waals surface area contributed by atoms with Crippen LogP contribution < -0.4 is 15.4 Å². The van der Waals surface area contributed by atoms with Gasteiger partial charge in [0.25, 0.3) is 5.91 Å². The van der Waals surface area contributed by atoms with Crippen LogP contribution in [-0.2, 0) is 9.59 Å². The zero-order valence-electron chi connectivity index (χ0n) is 8.27. The van der Waals surface area contributed by atoms with E-state index in [-0.39, 0.29) is 12.5 Å². The second-order valence-corrected chi connectivity index (χ2v) is 3.54. The number of amides is 2. The Morgan fingerprint density at radius 2 is 2.31 bits per heavy atom. The standard InChI is InChI=1S/C10H9ClN2O3/c11-4-9(14)13-7-3-6(12)1-2-8(7)16-5-10(13)15/h1-3H,4-5,12H2. The fourth-order valence-electron chi connectivity index (χ4n) is 1.50. The van der Waals surface area contributed by atoms with Crippen LogP contribution in [0, 0.1) is 0 Å². The van der Waals surface area contributed by atoms with Gasteiger partial charge in [0.05, 0.1) is 5.69 Å². The van der Waals surface area contributed by atoms with Gasteiger partial charge in [-0.2, -0.15) is 0 Å². The third-order valence-corrected chi connectivity index (χ3v) is 2.42. The van der Waals surface area contributed by atoms with Crippen molar-refractivity contribution in [2.75, 3.05) is 23.1 Å². The second kappa shape index (κ2) is 4.02. The van der Waals surface area contributed by atoms with Crippen LogP contribution in [0.3, 0.4) is 0 Å². The molecule has 5 nitrogen and oxygen atoms in total. The van der Waals surface area contributed by atoms with Gasteiger partial charge >= 0.3 is 0 Å². The average Bonchev–Trinajstić information content (AvgIpc) is 2.28. The molecule has 0 saturated heterocycles. The first-order chi connectivity index (χ1) is 7.63. The van der Waals surface area contributed by atoms with E-state index in [1.165, 1.54) is 6.07 Å². The number of alkyl halides is 1. The Morgan fingerprint density at radius 3 is 3.00 bits per heavy atom. The average molecular weight is 241 g/mol. The molecule has 6 heteroatoms. The monoisotopic (exact) mass is 240 g/mol. The van der Waals surface area contributed by atoms with Crippen LogP contribution in [0.4, 0.5) is 11.4 Å². The van der Waals surface area contributed by atoms with Crippen molar-refractivity contribution in [3.8, 4) is 5.75 Å². The van der Waals surface area contributed by atoms with Gasteiger partial charge < -0.3 is 10.5 Å². The van der Waals surface area contributed by atoms with Crippen LogP contribution >= 0.6 is 11.6 Å². The summed E-state index contributed by atoms with van der Waals surface area (Å²) in [6.45, 7) is -0.167. The van der Waals surface area contributed by atoms with Gasteiger partial charge in [-0.15, -0.1) is 11.6 Å². The summed E-state index contributed by atoms with van der Waals surface area (Å²) >= 11 is 5.44. The molecule has 0 spiro atoms. The van der Waals surface area contributed by atoms with Gasteiger partial charge in [0.1, 0.15) is 11.6 Å². The van der Waals surface area contributed by atoms with Crippen molar-refractivity contribution in [3.05, 3.63) is 18.2 Å². The molecule has 0 bridgehead atoms. The first kappa shape index (κ1) is 10.8. The highest BCUT2D eigenvalue weighted by atomic mass is 35.5. The molecule has 2 N–H and O–H groups in total. The minimum Gasteiger partial charge on any atom is -0.482 e. The molecular formula is C10H9ClN2O3. The molecule has 1 aliphatic heterocycles. The number of carbonyl (C=O) groups is 2. The molecule has 1 aliphatic rings. The molecule has 0 atom stereocenters. The van der Waals surface area contributed by atoms with E-state index in [0.29, 0.717) is 17.1 Å². The summed E-state index contributed by atoms with van der Waals surface area (Å²) in [6, 6.07) is 4.76. The van der Waals surface area contributed by atoms with Gasteiger partial charge in [-0.05, 0) is 18.2 Å². The quantitative estimate of drug-likeness (QED) is 0.581. The van der Waals surface area contributed by atoms with Crippen LogP contribution in [0.15, 0.2) is 18.2 Å². The maximum atomic E-state index is 11.5. The molecule has 0 saturated carbocycles. The molecule has 2 amide bonds. The molecule has 1 aromatic rings. The summed E-state index contributed by atoms with van der Waals surface area (Å²) in [7, 11) is 0. The third-order valence-electron chi connectivity index (χ3n) is 2.19. The summed E-state index contributed by atoms with van der Waals surface area (Å²) < 4.78 is 5.17. The minimum absolute atomic E-state index is 0.167. The van der Waals surface area contributed by atoms with Crippen LogP contribution in [0.5, 0.6) is 5.75 Å². The van der Waals surface area contributed by atoms with Gasteiger partial charge in [0, 0.05) is 5.69 Å². The van der Waals surface area contributed by atoms with Gasteiger partial charge in [0.15, 0.2) is 6.61 Å². The molecular weight excluding hydrogens is 232 g/mol. The number of ether oxygens (including phenoxy) is 1. The van der Waals surface area contributed by atoms with Gasteiger partial charge in [0.2, 0.25) is 5.91 Å². The molecule has 0 radical (unpaired) electrons. The topological polar surface area (TPSA) is 72.6 Å². The lowest BCUT2D eigenvalue weighted by Gasteiger charge is -2.27. The number of nitrogens with two attached hydrogens (primary N) is 1. The minimum atomic E-state index is -0.484. The maximum absolute atomic E-state index is 11.5. The number of hydrogen-bond acceptors (Lipinski definition) is 4. The Bertz CT molecular complexity index is 461. The van der Waals surface area contributed by atoms with E-state index in [0.717, 1.165) is 4.90 Å². The summed E-state index contributed by atoms with van der Waals surface area (Å²) in [5, 5.41) is 0. The predicted molar refractivity (Wildman–Crippen MR) is 59.6 cm³/mol. The van der Waals surface area contributed by atoms with Crippen LogP contribution in [0.2, 0.25) is 0 Å². The highest BCUT2D eigenvalue weighted by molar-refractivity contribution is 6.33. The molecule has 84 valence electrons. The van der Waals surface area contributed by atoms with Crippen molar-refractivity contribution in [2.45, 2.75) is 0 Å². The van der Waals surface area contributed by atoms with E-state index < -0.39 is 11.8 Å². The third kappa shape index (κ3) is 1.69. The summed E-state index contributed by atoms with van der Waals surface area (Å²) in [4.78, 5) is 24.1. The normalized spacial score (nSPS) is 14.3. The number of hydrogen-bond donors (Lipinski definition) is 1. The largest absolute Gasteiger partial charge is 0.482 e. The van der Waals surface area contributed by atoms with Crippen molar-refractivity contribution in [2.24, 2.45) is 0 Å². The smallest absolute Gasteiger partial charge is 0.271 e. The van der Waals surface area contributed by atoms with Crippen molar-refractivity contribution in [1.29, 1.82) is 0 Å². The number of fused-ring (bicyclic) bond motifs is 1. The van der Waals surface area contributed by atoms with Gasteiger partial charge in [-0.1, -0.05) is 0 Å². The Balaban J connectivity index is 2.50. The Kier molecular flexibility index (Phi) is 2.70. The van der Waals surface area contributed by atoms with E-state index in [9.17, 15) is 9.59 Å². The van der Waals surface area contributed by atoms with E-state index >= 15 is 0 Å². The van der Waals surface area contributed by atoms with E-state index in [4.69, 9.17) is 22.1 Å². The number of imide groups is 1.